The second-order valence-electron chi connectivity index (χ2n) is 4.13. The van der Waals surface area contributed by atoms with Crippen molar-refractivity contribution in [3.8, 4) is 0 Å². The highest BCUT2D eigenvalue weighted by atomic mass is 16.6. The molecule has 20 heavy (non-hydrogen) atoms. The fourth-order valence-corrected chi connectivity index (χ4v) is 1.47. The van der Waals surface area contributed by atoms with Crippen molar-refractivity contribution in [2.75, 3.05) is 25.6 Å². The van der Waals surface area contributed by atoms with E-state index < -0.39 is 10.9 Å². The van der Waals surface area contributed by atoms with Crippen molar-refractivity contribution in [3.63, 3.8) is 0 Å². The number of nitro benzene ring substituents is 1. The highest BCUT2D eigenvalue weighted by Crippen LogP contribution is 2.20. The predicted octanol–water partition coefficient (Wildman–Crippen LogP) is 2.15. The molecule has 1 rings (SSSR count). The maximum atomic E-state index is 11.7. The quantitative estimate of drug-likeness (QED) is 0.257. The topological polar surface area (TPSA) is 105 Å². The Bertz CT molecular complexity index is 476. The molecule has 0 unspecified atom stereocenters. The van der Waals surface area contributed by atoms with Crippen molar-refractivity contribution in [1.29, 1.82) is 0 Å². The molecule has 0 spiro atoms. The Labute approximate surface area is 116 Å². The second kappa shape index (κ2) is 8.11. The third-order valence-electron chi connectivity index (χ3n) is 2.57. The summed E-state index contributed by atoms with van der Waals surface area (Å²) in [5.41, 5.74) is 5.57. The lowest BCUT2D eigenvalue weighted by molar-refractivity contribution is -0.384. The molecule has 0 atom stereocenters. The number of carbonyl (C=O) groups is 1. The minimum absolute atomic E-state index is 0.0242. The number of nitrogen functional groups attached to an aromatic ring is 1. The van der Waals surface area contributed by atoms with Gasteiger partial charge in [0.1, 0.15) is 6.61 Å². The highest BCUT2D eigenvalue weighted by molar-refractivity contribution is 5.95. The van der Waals surface area contributed by atoms with Gasteiger partial charge in [0.15, 0.2) is 0 Å². The number of non-ortho nitro benzene ring substituents is 1. The van der Waals surface area contributed by atoms with Crippen LogP contribution in [-0.4, -0.2) is 30.7 Å². The third-order valence-corrected chi connectivity index (χ3v) is 2.57. The standard InChI is InChI=1S/C13H18N2O5/c1-2-3-6-19-7-8-20-13(16)11-5-4-10(15(17)18)9-12(11)14/h4-5,9H,2-3,6-8,14H2,1H3. The normalized spacial score (nSPS) is 10.2. The minimum Gasteiger partial charge on any atom is -0.460 e. The third kappa shape index (κ3) is 4.85. The van der Waals surface area contributed by atoms with Crippen LogP contribution in [0.1, 0.15) is 30.1 Å². The van der Waals surface area contributed by atoms with Crippen LogP contribution in [0.25, 0.3) is 0 Å². The number of rotatable bonds is 8. The Kier molecular flexibility index (Phi) is 6.45. The first kappa shape index (κ1) is 15.9. The van der Waals surface area contributed by atoms with Crippen LogP contribution >= 0.6 is 0 Å². The van der Waals surface area contributed by atoms with Crippen molar-refractivity contribution in [2.45, 2.75) is 19.8 Å². The molecule has 0 aliphatic rings. The van der Waals surface area contributed by atoms with Crippen LogP contribution in [0.4, 0.5) is 11.4 Å². The summed E-state index contributed by atoms with van der Waals surface area (Å²) in [5, 5.41) is 10.5. The Morgan fingerprint density at radius 3 is 2.70 bits per heavy atom. The molecule has 0 saturated heterocycles. The number of benzene rings is 1. The molecule has 7 heteroatoms. The zero-order valence-electron chi connectivity index (χ0n) is 11.3. The zero-order valence-corrected chi connectivity index (χ0v) is 11.3. The molecule has 0 aliphatic carbocycles. The molecule has 0 saturated carbocycles. The molecule has 110 valence electrons. The highest BCUT2D eigenvalue weighted by Gasteiger charge is 2.15. The van der Waals surface area contributed by atoms with Crippen LogP contribution in [-0.2, 0) is 9.47 Å². The summed E-state index contributed by atoms with van der Waals surface area (Å²) in [7, 11) is 0. The van der Waals surface area contributed by atoms with E-state index in [1.807, 2.05) is 0 Å². The van der Waals surface area contributed by atoms with E-state index in [1.165, 1.54) is 12.1 Å². The fraction of sp³-hybridized carbons (Fsp3) is 0.462. The zero-order chi connectivity index (χ0) is 15.0. The lowest BCUT2D eigenvalue weighted by Gasteiger charge is -2.07. The van der Waals surface area contributed by atoms with E-state index in [-0.39, 0.29) is 23.5 Å². The first-order chi connectivity index (χ1) is 9.56. The number of hydrogen-bond acceptors (Lipinski definition) is 6. The van der Waals surface area contributed by atoms with Gasteiger partial charge in [-0.1, -0.05) is 13.3 Å². The predicted molar refractivity (Wildman–Crippen MR) is 73.5 cm³/mol. The summed E-state index contributed by atoms with van der Waals surface area (Å²) >= 11 is 0. The van der Waals surface area contributed by atoms with Crippen LogP contribution in [0.5, 0.6) is 0 Å². The lowest BCUT2D eigenvalue weighted by Crippen LogP contribution is -2.13. The molecular formula is C13H18N2O5. The molecule has 0 aromatic heterocycles. The number of ether oxygens (including phenoxy) is 2. The fourth-order valence-electron chi connectivity index (χ4n) is 1.47. The molecule has 1 aromatic carbocycles. The van der Waals surface area contributed by atoms with Gasteiger partial charge in [-0.05, 0) is 12.5 Å². The van der Waals surface area contributed by atoms with E-state index >= 15 is 0 Å². The average Bonchev–Trinajstić information content (AvgIpc) is 2.42. The molecule has 0 bridgehead atoms. The molecule has 0 amide bonds. The Balaban J connectivity index is 2.45. The molecule has 1 aromatic rings. The van der Waals surface area contributed by atoms with E-state index in [4.69, 9.17) is 15.2 Å². The van der Waals surface area contributed by atoms with Crippen LogP contribution in [0, 0.1) is 10.1 Å². The van der Waals surface area contributed by atoms with E-state index in [9.17, 15) is 14.9 Å². The van der Waals surface area contributed by atoms with Crippen molar-refractivity contribution in [3.05, 3.63) is 33.9 Å². The number of carbonyl (C=O) groups excluding carboxylic acids is 1. The van der Waals surface area contributed by atoms with Crippen LogP contribution in [0.2, 0.25) is 0 Å². The van der Waals surface area contributed by atoms with Crippen LogP contribution in [0.15, 0.2) is 18.2 Å². The van der Waals surface area contributed by atoms with Gasteiger partial charge in [0.25, 0.3) is 5.69 Å². The smallest absolute Gasteiger partial charge is 0.340 e. The summed E-state index contributed by atoms with van der Waals surface area (Å²) in [5.74, 6) is -0.614. The Hall–Kier alpha value is -2.15. The number of unbranched alkanes of at least 4 members (excludes halogenated alkanes) is 1. The minimum atomic E-state index is -0.614. The number of nitrogens with two attached hydrogens (primary N) is 1. The van der Waals surface area contributed by atoms with Crippen molar-refractivity contribution >= 4 is 17.3 Å². The van der Waals surface area contributed by atoms with Gasteiger partial charge in [-0.2, -0.15) is 0 Å². The number of esters is 1. The van der Waals surface area contributed by atoms with E-state index in [0.717, 1.165) is 18.9 Å². The molecule has 0 aliphatic heterocycles. The van der Waals surface area contributed by atoms with E-state index in [1.54, 1.807) is 0 Å². The molecule has 2 N–H and O–H groups in total. The largest absolute Gasteiger partial charge is 0.460 e. The maximum Gasteiger partial charge on any atom is 0.340 e. The molecular weight excluding hydrogens is 264 g/mol. The first-order valence-corrected chi connectivity index (χ1v) is 6.35. The summed E-state index contributed by atoms with van der Waals surface area (Å²) in [4.78, 5) is 21.7. The number of nitro groups is 1. The van der Waals surface area contributed by atoms with E-state index in [0.29, 0.717) is 13.2 Å². The number of hydrogen-bond donors (Lipinski definition) is 1. The Morgan fingerprint density at radius 1 is 1.35 bits per heavy atom. The first-order valence-electron chi connectivity index (χ1n) is 6.35. The molecule has 7 nitrogen and oxygen atoms in total. The average molecular weight is 282 g/mol. The van der Waals surface area contributed by atoms with Gasteiger partial charge in [0.2, 0.25) is 0 Å². The molecule has 0 heterocycles. The summed E-state index contributed by atoms with van der Waals surface area (Å²) in [6.45, 7) is 3.13. The van der Waals surface area contributed by atoms with Gasteiger partial charge in [-0.15, -0.1) is 0 Å². The van der Waals surface area contributed by atoms with Crippen molar-refractivity contribution < 1.29 is 19.2 Å². The van der Waals surface area contributed by atoms with Gasteiger partial charge in [0.05, 0.1) is 22.8 Å². The van der Waals surface area contributed by atoms with Gasteiger partial charge < -0.3 is 15.2 Å². The molecule has 0 fully saturated rings. The van der Waals surface area contributed by atoms with Crippen LogP contribution < -0.4 is 5.73 Å². The maximum absolute atomic E-state index is 11.7. The van der Waals surface area contributed by atoms with Crippen molar-refractivity contribution in [2.24, 2.45) is 0 Å². The van der Waals surface area contributed by atoms with Crippen LogP contribution in [0.3, 0.4) is 0 Å². The number of nitrogens with zero attached hydrogens (tertiary/aromatic N) is 1. The SMILES string of the molecule is CCCCOCCOC(=O)c1ccc([N+](=O)[O-])cc1N. The van der Waals surface area contributed by atoms with Gasteiger partial charge in [-0.25, -0.2) is 4.79 Å². The van der Waals surface area contributed by atoms with E-state index in [2.05, 4.69) is 6.92 Å². The monoisotopic (exact) mass is 282 g/mol. The Morgan fingerprint density at radius 2 is 2.10 bits per heavy atom. The van der Waals surface area contributed by atoms with Gasteiger partial charge >= 0.3 is 5.97 Å². The second-order valence-corrected chi connectivity index (χ2v) is 4.13. The summed E-state index contributed by atoms with van der Waals surface area (Å²) in [6, 6.07) is 3.63. The summed E-state index contributed by atoms with van der Waals surface area (Å²) in [6.07, 6.45) is 2.00. The van der Waals surface area contributed by atoms with Gasteiger partial charge in [0, 0.05) is 18.7 Å². The molecule has 0 radical (unpaired) electrons. The number of anilines is 1. The van der Waals surface area contributed by atoms with Gasteiger partial charge in [-0.3, -0.25) is 10.1 Å². The summed E-state index contributed by atoms with van der Waals surface area (Å²) < 4.78 is 10.2. The lowest BCUT2D eigenvalue weighted by atomic mass is 10.1. The van der Waals surface area contributed by atoms with Crippen molar-refractivity contribution in [1.82, 2.24) is 0 Å².